The lowest BCUT2D eigenvalue weighted by molar-refractivity contribution is 0.174. The summed E-state index contributed by atoms with van der Waals surface area (Å²) in [6.45, 7) is 1.22. The first-order valence-corrected chi connectivity index (χ1v) is 7.57. The van der Waals surface area contributed by atoms with E-state index < -0.39 is 0 Å². The smallest absolute Gasteiger partial charge is 0.231 e. The zero-order chi connectivity index (χ0) is 14.1. The summed E-state index contributed by atoms with van der Waals surface area (Å²) in [5.41, 5.74) is 4.25. The van der Waals surface area contributed by atoms with Crippen LogP contribution in [-0.2, 0) is 19.4 Å². The van der Waals surface area contributed by atoms with E-state index in [0.717, 1.165) is 24.5 Å². The van der Waals surface area contributed by atoms with Gasteiger partial charge in [0, 0.05) is 12.6 Å². The largest absolute Gasteiger partial charge is 0.454 e. The predicted octanol–water partition coefficient (Wildman–Crippen LogP) is 3.06. The third-order valence-corrected chi connectivity index (χ3v) is 4.38. The maximum atomic E-state index is 5.43. The molecule has 0 amide bonds. The summed E-state index contributed by atoms with van der Waals surface area (Å²) in [7, 11) is 0. The van der Waals surface area contributed by atoms with Gasteiger partial charge in [0.15, 0.2) is 11.5 Å². The summed E-state index contributed by atoms with van der Waals surface area (Å²) in [6, 6.07) is 15.5. The van der Waals surface area contributed by atoms with Crippen LogP contribution in [0.25, 0.3) is 0 Å². The molecule has 0 aromatic heterocycles. The molecule has 1 atom stereocenters. The van der Waals surface area contributed by atoms with Crippen LogP contribution < -0.4 is 14.8 Å². The van der Waals surface area contributed by atoms with E-state index in [1.807, 2.05) is 6.07 Å². The zero-order valence-electron chi connectivity index (χ0n) is 12.0. The van der Waals surface area contributed by atoms with E-state index >= 15 is 0 Å². The van der Waals surface area contributed by atoms with Crippen molar-refractivity contribution >= 4 is 0 Å². The molecule has 2 aromatic rings. The quantitative estimate of drug-likeness (QED) is 0.938. The molecule has 1 N–H and O–H groups in total. The number of hydrogen-bond donors (Lipinski definition) is 1. The second-order valence-electron chi connectivity index (χ2n) is 5.78. The third-order valence-electron chi connectivity index (χ3n) is 4.38. The van der Waals surface area contributed by atoms with Crippen molar-refractivity contribution in [1.29, 1.82) is 0 Å². The first-order chi connectivity index (χ1) is 10.4. The van der Waals surface area contributed by atoms with Gasteiger partial charge in [0.25, 0.3) is 0 Å². The average molecular weight is 281 g/mol. The SMILES string of the molecule is c1ccc2c(c1)CC[C@@H](NCc1ccc3c(c1)OCO3)C2. The summed E-state index contributed by atoms with van der Waals surface area (Å²) in [5, 5.41) is 3.67. The fourth-order valence-corrected chi connectivity index (χ4v) is 3.19. The Bertz CT molecular complexity index is 653. The summed E-state index contributed by atoms with van der Waals surface area (Å²) in [5.74, 6) is 1.72. The Labute approximate surface area is 124 Å². The molecule has 0 unspecified atom stereocenters. The molecule has 108 valence electrons. The molecular weight excluding hydrogens is 262 g/mol. The summed E-state index contributed by atoms with van der Waals surface area (Å²) in [4.78, 5) is 0. The molecule has 0 radical (unpaired) electrons. The van der Waals surface area contributed by atoms with Crippen LogP contribution in [0.3, 0.4) is 0 Å². The maximum Gasteiger partial charge on any atom is 0.231 e. The van der Waals surface area contributed by atoms with E-state index in [-0.39, 0.29) is 0 Å². The fraction of sp³-hybridized carbons (Fsp3) is 0.333. The Hall–Kier alpha value is -2.00. The molecule has 2 aromatic carbocycles. The van der Waals surface area contributed by atoms with Crippen LogP contribution >= 0.6 is 0 Å². The van der Waals surface area contributed by atoms with Gasteiger partial charge in [-0.05, 0) is 48.1 Å². The van der Waals surface area contributed by atoms with Gasteiger partial charge < -0.3 is 14.8 Å². The Morgan fingerprint density at radius 3 is 2.81 bits per heavy atom. The summed E-state index contributed by atoms with van der Waals surface area (Å²) >= 11 is 0. The zero-order valence-corrected chi connectivity index (χ0v) is 12.0. The van der Waals surface area contributed by atoms with Gasteiger partial charge in [0.1, 0.15) is 0 Å². The number of nitrogens with one attached hydrogen (secondary N) is 1. The topological polar surface area (TPSA) is 30.5 Å². The van der Waals surface area contributed by atoms with Crippen molar-refractivity contribution in [1.82, 2.24) is 5.32 Å². The van der Waals surface area contributed by atoms with Gasteiger partial charge in [0.2, 0.25) is 6.79 Å². The monoisotopic (exact) mass is 281 g/mol. The van der Waals surface area contributed by atoms with Crippen LogP contribution in [0.2, 0.25) is 0 Å². The lowest BCUT2D eigenvalue weighted by Gasteiger charge is -2.25. The Morgan fingerprint density at radius 1 is 1.00 bits per heavy atom. The molecule has 0 bridgehead atoms. The van der Waals surface area contributed by atoms with E-state index in [9.17, 15) is 0 Å². The highest BCUT2D eigenvalue weighted by Crippen LogP contribution is 2.32. The van der Waals surface area contributed by atoms with Crippen LogP contribution in [-0.4, -0.2) is 12.8 Å². The van der Waals surface area contributed by atoms with Crippen molar-refractivity contribution in [3.8, 4) is 11.5 Å². The molecule has 4 rings (SSSR count). The molecule has 0 fully saturated rings. The van der Waals surface area contributed by atoms with Crippen LogP contribution in [0, 0.1) is 0 Å². The second-order valence-corrected chi connectivity index (χ2v) is 5.78. The molecule has 0 saturated heterocycles. The van der Waals surface area contributed by atoms with E-state index in [0.29, 0.717) is 12.8 Å². The van der Waals surface area contributed by atoms with Gasteiger partial charge in [-0.15, -0.1) is 0 Å². The van der Waals surface area contributed by atoms with Crippen molar-refractivity contribution in [3.05, 3.63) is 59.2 Å². The van der Waals surface area contributed by atoms with Gasteiger partial charge >= 0.3 is 0 Å². The van der Waals surface area contributed by atoms with Crippen LogP contribution in [0.1, 0.15) is 23.1 Å². The number of hydrogen-bond acceptors (Lipinski definition) is 3. The average Bonchev–Trinajstić information content (AvgIpc) is 3.00. The van der Waals surface area contributed by atoms with Crippen molar-refractivity contribution in [2.45, 2.75) is 31.8 Å². The van der Waals surface area contributed by atoms with E-state index in [1.165, 1.54) is 29.5 Å². The Kier molecular flexibility index (Phi) is 3.28. The highest BCUT2D eigenvalue weighted by atomic mass is 16.7. The molecular formula is C18H19NO2. The van der Waals surface area contributed by atoms with Gasteiger partial charge in [0.05, 0.1) is 0 Å². The molecule has 3 heteroatoms. The normalized spacial score (nSPS) is 19.3. The molecule has 1 heterocycles. The second kappa shape index (κ2) is 5.41. The van der Waals surface area contributed by atoms with Gasteiger partial charge in [-0.3, -0.25) is 0 Å². The highest BCUT2D eigenvalue weighted by Gasteiger charge is 2.18. The lowest BCUT2D eigenvalue weighted by atomic mass is 9.88. The summed E-state index contributed by atoms with van der Waals surface area (Å²) in [6.07, 6.45) is 3.51. The van der Waals surface area contributed by atoms with Crippen molar-refractivity contribution in [2.24, 2.45) is 0 Å². The third kappa shape index (κ3) is 2.61. The van der Waals surface area contributed by atoms with Crippen LogP contribution in [0.4, 0.5) is 0 Å². The van der Waals surface area contributed by atoms with Gasteiger partial charge in [-0.1, -0.05) is 30.3 Å². The van der Waals surface area contributed by atoms with E-state index in [1.54, 1.807) is 0 Å². The molecule has 1 aliphatic carbocycles. The first kappa shape index (κ1) is 12.7. The standard InChI is InChI=1S/C18H19NO2/c1-2-4-15-10-16(7-6-14(15)3-1)19-11-13-5-8-17-18(9-13)21-12-20-17/h1-5,8-9,16,19H,6-7,10-12H2/t16-/m1/s1. The van der Waals surface area contributed by atoms with Gasteiger partial charge in [-0.2, -0.15) is 0 Å². The predicted molar refractivity (Wildman–Crippen MR) is 81.7 cm³/mol. The van der Waals surface area contributed by atoms with Crippen molar-refractivity contribution < 1.29 is 9.47 Å². The minimum atomic E-state index is 0.339. The number of benzene rings is 2. The van der Waals surface area contributed by atoms with Gasteiger partial charge in [-0.25, -0.2) is 0 Å². The maximum absolute atomic E-state index is 5.43. The molecule has 0 saturated carbocycles. The van der Waals surface area contributed by atoms with Crippen LogP contribution in [0.5, 0.6) is 11.5 Å². The molecule has 0 spiro atoms. The minimum absolute atomic E-state index is 0.339. The number of aryl methyl sites for hydroxylation is 1. The molecule has 21 heavy (non-hydrogen) atoms. The molecule has 1 aliphatic heterocycles. The Balaban J connectivity index is 1.39. The fourth-order valence-electron chi connectivity index (χ4n) is 3.19. The first-order valence-electron chi connectivity index (χ1n) is 7.57. The number of fused-ring (bicyclic) bond motifs is 2. The van der Waals surface area contributed by atoms with Crippen molar-refractivity contribution in [3.63, 3.8) is 0 Å². The summed E-state index contributed by atoms with van der Waals surface area (Å²) < 4.78 is 10.8. The number of rotatable bonds is 3. The minimum Gasteiger partial charge on any atom is -0.454 e. The number of ether oxygens (including phenoxy) is 2. The van der Waals surface area contributed by atoms with Crippen LogP contribution in [0.15, 0.2) is 42.5 Å². The molecule has 2 aliphatic rings. The van der Waals surface area contributed by atoms with Crippen molar-refractivity contribution in [2.75, 3.05) is 6.79 Å². The Morgan fingerprint density at radius 2 is 1.86 bits per heavy atom. The lowest BCUT2D eigenvalue weighted by Crippen LogP contribution is -2.34. The van der Waals surface area contributed by atoms with E-state index in [2.05, 4.69) is 41.7 Å². The molecule has 3 nitrogen and oxygen atoms in total. The highest BCUT2D eigenvalue weighted by molar-refractivity contribution is 5.44. The van der Waals surface area contributed by atoms with E-state index in [4.69, 9.17) is 9.47 Å².